The molecule has 13 heavy (non-hydrogen) atoms. The van der Waals surface area contributed by atoms with Crippen LogP contribution in [0.4, 0.5) is 13.2 Å². The number of alkyl halides is 3. The van der Waals surface area contributed by atoms with Crippen molar-refractivity contribution in [1.82, 2.24) is 5.43 Å². The number of rotatable bonds is 3. The van der Waals surface area contributed by atoms with Gasteiger partial charge in [0.1, 0.15) is 11.8 Å². The Bertz CT molecular complexity index is 245. The molecule has 1 unspecified atom stereocenters. The first-order valence-corrected chi connectivity index (χ1v) is 3.59. The number of halogens is 3. The number of hydrogen-bond acceptors (Lipinski definition) is 3. The molecule has 0 fully saturated rings. The largest absolute Gasteiger partial charge is 0.469 e. The lowest BCUT2D eigenvalue weighted by Crippen LogP contribution is -2.47. The van der Waals surface area contributed by atoms with Gasteiger partial charge < -0.3 is 4.42 Å². The molecule has 1 heterocycles. The second kappa shape index (κ2) is 3.80. The highest BCUT2D eigenvalue weighted by atomic mass is 19.4. The summed E-state index contributed by atoms with van der Waals surface area (Å²) in [6.07, 6.45) is -3.34. The average Bonchev–Trinajstić information content (AvgIpc) is 2.49. The zero-order chi connectivity index (χ0) is 9.90. The van der Waals surface area contributed by atoms with Crippen molar-refractivity contribution in [3.05, 3.63) is 24.2 Å². The Kier molecular flexibility index (Phi) is 2.94. The van der Waals surface area contributed by atoms with Gasteiger partial charge in [-0.2, -0.15) is 13.2 Å². The highest BCUT2D eigenvalue weighted by molar-refractivity contribution is 5.01. The van der Waals surface area contributed by atoms with Crippen molar-refractivity contribution in [2.75, 3.05) is 0 Å². The summed E-state index contributed by atoms with van der Waals surface area (Å²) in [7, 11) is 0. The van der Waals surface area contributed by atoms with Gasteiger partial charge in [0.15, 0.2) is 0 Å². The van der Waals surface area contributed by atoms with E-state index in [4.69, 9.17) is 10.3 Å². The van der Waals surface area contributed by atoms with Crippen LogP contribution in [-0.4, -0.2) is 12.2 Å². The first kappa shape index (κ1) is 10.1. The SMILES string of the molecule is NNC(Cc1ccco1)C(F)(F)F. The molecule has 0 bridgehead atoms. The van der Waals surface area contributed by atoms with Gasteiger partial charge in [-0.25, -0.2) is 5.43 Å². The van der Waals surface area contributed by atoms with Crippen LogP contribution in [-0.2, 0) is 6.42 Å². The lowest BCUT2D eigenvalue weighted by molar-refractivity contribution is -0.156. The Morgan fingerprint density at radius 3 is 2.62 bits per heavy atom. The van der Waals surface area contributed by atoms with Gasteiger partial charge in [0, 0.05) is 6.42 Å². The van der Waals surface area contributed by atoms with E-state index in [0.29, 0.717) is 0 Å². The summed E-state index contributed by atoms with van der Waals surface area (Å²) in [6.45, 7) is 0. The fourth-order valence-corrected chi connectivity index (χ4v) is 0.899. The Morgan fingerprint density at radius 1 is 1.54 bits per heavy atom. The molecule has 0 radical (unpaired) electrons. The Balaban J connectivity index is 2.60. The molecule has 3 N–H and O–H groups in total. The van der Waals surface area contributed by atoms with Crippen LogP contribution in [0.2, 0.25) is 0 Å². The summed E-state index contributed by atoms with van der Waals surface area (Å²) in [5.41, 5.74) is 1.70. The van der Waals surface area contributed by atoms with Gasteiger partial charge in [0.25, 0.3) is 0 Å². The molecule has 0 aliphatic carbocycles. The normalized spacial score (nSPS) is 14.5. The topological polar surface area (TPSA) is 51.2 Å². The Labute approximate surface area is 72.7 Å². The third-order valence-corrected chi connectivity index (χ3v) is 1.58. The molecule has 0 amide bonds. The molecule has 1 aromatic heterocycles. The van der Waals surface area contributed by atoms with Gasteiger partial charge in [-0.15, -0.1) is 0 Å². The number of nitrogens with two attached hydrogens (primary N) is 1. The van der Waals surface area contributed by atoms with E-state index >= 15 is 0 Å². The number of furan rings is 1. The van der Waals surface area contributed by atoms with E-state index in [1.54, 1.807) is 5.43 Å². The van der Waals surface area contributed by atoms with E-state index in [1.165, 1.54) is 18.4 Å². The van der Waals surface area contributed by atoms with Crippen LogP contribution in [0.5, 0.6) is 0 Å². The minimum atomic E-state index is -4.36. The predicted molar refractivity (Wildman–Crippen MR) is 39.6 cm³/mol. The summed E-state index contributed by atoms with van der Waals surface area (Å²) in [4.78, 5) is 0. The molecule has 1 rings (SSSR count). The monoisotopic (exact) mass is 194 g/mol. The van der Waals surface area contributed by atoms with Crippen LogP contribution in [0.25, 0.3) is 0 Å². The van der Waals surface area contributed by atoms with Crippen molar-refractivity contribution in [3.63, 3.8) is 0 Å². The molecular formula is C7H9F3N2O. The highest BCUT2D eigenvalue weighted by Gasteiger charge is 2.39. The van der Waals surface area contributed by atoms with Crippen molar-refractivity contribution in [2.24, 2.45) is 5.84 Å². The summed E-state index contributed by atoms with van der Waals surface area (Å²) >= 11 is 0. The van der Waals surface area contributed by atoms with Crippen molar-refractivity contribution >= 4 is 0 Å². The van der Waals surface area contributed by atoms with Gasteiger partial charge in [-0.1, -0.05) is 0 Å². The van der Waals surface area contributed by atoms with E-state index in [2.05, 4.69) is 0 Å². The highest BCUT2D eigenvalue weighted by Crippen LogP contribution is 2.22. The summed E-state index contributed by atoms with van der Waals surface area (Å²) in [5.74, 6) is 5.01. The molecule has 1 aromatic rings. The van der Waals surface area contributed by atoms with E-state index in [-0.39, 0.29) is 12.2 Å². The molecule has 0 spiro atoms. The van der Waals surface area contributed by atoms with Gasteiger partial charge in [0.2, 0.25) is 0 Å². The first-order chi connectivity index (χ1) is 6.04. The maximum absolute atomic E-state index is 12.1. The van der Waals surface area contributed by atoms with E-state index in [9.17, 15) is 13.2 Å². The lowest BCUT2D eigenvalue weighted by atomic mass is 10.2. The first-order valence-electron chi connectivity index (χ1n) is 3.59. The molecule has 3 nitrogen and oxygen atoms in total. The van der Waals surface area contributed by atoms with Crippen LogP contribution < -0.4 is 11.3 Å². The van der Waals surface area contributed by atoms with Crippen LogP contribution in [0.15, 0.2) is 22.8 Å². The second-order valence-corrected chi connectivity index (χ2v) is 2.54. The number of hydrazine groups is 1. The van der Waals surface area contributed by atoms with Crippen LogP contribution in [0.1, 0.15) is 5.76 Å². The van der Waals surface area contributed by atoms with Crippen molar-refractivity contribution in [1.29, 1.82) is 0 Å². The minimum absolute atomic E-state index is 0.250. The van der Waals surface area contributed by atoms with Crippen molar-refractivity contribution < 1.29 is 17.6 Å². The smallest absolute Gasteiger partial charge is 0.405 e. The molecule has 6 heteroatoms. The standard InChI is InChI=1S/C7H9F3N2O/c8-7(9,10)6(12-11)4-5-2-1-3-13-5/h1-3,6,12H,4,11H2. The van der Waals surface area contributed by atoms with E-state index in [0.717, 1.165) is 0 Å². The Hall–Kier alpha value is -1.01. The average molecular weight is 194 g/mol. The lowest BCUT2D eigenvalue weighted by Gasteiger charge is -2.17. The molecule has 0 aromatic carbocycles. The molecule has 0 saturated heterocycles. The summed E-state index contributed by atoms with van der Waals surface area (Å²) in [6, 6.07) is 1.23. The summed E-state index contributed by atoms with van der Waals surface area (Å²) in [5, 5.41) is 0. The van der Waals surface area contributed by atoms with Gasteiger partial charge in [0.05, 0.1) is 6.26 Å². The fraction of sp³-hybridized carbons (Fsp3) is 0.429. The second-order valence-electron chi connectivity index (χ2n) is 2.54. The summed E-state index contributed by atoms with van der Waals surface area (Å²) < 4.78 is 41.1. The van der Waals surface area contributed by atoms with Crippen LogP contribution in [0, 0.1) is 0 Å². The molecule has 1 atom stereocenters. The van der Waals surface area contributed by atoms with E-state index < -0.39 is 12.2 Å². The molecule has 0 aliphatic rings. The van der Waals surface area contributed by atoms with E-state index in [1.807, 2.05) is 0 Å². The molecule has 74 valence electrons. The third-order valence-electron chi connectivity index (χ3n) is 1.58. The molecule has 0 aliphatic heterocycles. The van der Waals surface area contributed by atoms with Crippen LogP contribution >= 0.6 is 0 Å². The molecular weight excluding hydrogens is 185 g/mol. The predicted octanol–water partition coefficient (Wildman–Crippen LogP) is 1.22. The maximum Gasteiger partial charge on any atom is 0.405 e. The van der Waals surface area contributed by atoms with Gasteiger partial charge >= 0.3 is 6.18 Å². The fourth-order valence-electron chi connectivity index (χ4n) is 0.899. The Morgan fingerprint density at radius 2 is 2.23 bits per heavy atom. The zero-order valence-corrected chi connectivity index (χ0v) is 6.64. The van der Waals surface area contributed by atoms with Crippen molar-refractivity contribution in [3.8, 4) is 0 Å². The number of hydrogen-bond donors (Lipinski definition) is 2. The number of nitrogens with one attached hydrogen (secondary N) is 1. The van der Waals surface area contributed by atoms with Gasteiger partial charge in [-0.3, -0.25) is 5.84 Å². The quantitative estimate of drug-likeness (QED) is 0.561. The molecule has 0 saturated carbocycles. The minimum Gasteiger partial charge on any atom is -0.469 e. The zero-order valence-electron chi connectivity index (χ0n) is 6.64. The van der Waals surface area contributed by atoms with Crippen LogP contribution in [0.3, 0.4) is 0 Å². The maximum atomic E-state index is 12.1. The van der Waals surface area contributed by atoms with Crippen molar-refractivity contribution in [2.45, 2.75) is 18.6 Å². The van der Waals surface area contributed by atoms with Gasteiger partial charge in [-0.05, 0) is 12.1 Å². The third kappa shape index (κ3) is 2.74.